The van der Waals surface area contributed by atoms with E-state index in [4.69, 9.17) is 15.7 Å². The van der Waals surface area contributed by atoms with Gasteiger partial charge < -0.3 is 14.1 Å². The Morgan fingerprint density at radius 1 is 1.21 bits per heavy atom. The van der Waals surface area contributed by atoms with E-state index in [2.05, 4.69) is 15.0 Å². The summed E-state index contributed by atoms with van der Waals surface area (Å²) in [6, 6.07) is 11.7. The average Bonchev–Trinajstić information content (AvgIpc) is 3.38. The average molecular weight is 470 g/mol. The molecule has 0 saturated carbocycles. The highest BCUT2D eigenvalue weighted by Gasteiger charge is 2.50. The van der Waals surface area contributed by atoms with Gasteiger partial charge in [-0.05, 0) is 31.2 Å². The number of alkyl halides is 3. The summed E-state index contributed by atoms with van der Waals surface area (Å²) in [5.41, 5.74) is -1.61. The van der Waals surface area contributed by atoms with Gasteiger partial charge in [0.05, 0.1) is 12.1 Å². The molecule has 2 heterocycles. The number of amides is 1. The van der Waals surface area contributed by atoms with Crippen molar-refractivity contribution >= 4 is 11.6 Å². The summed E-state index contributed by atoms with van der Waals surface area (Å²) in [4.78, 5) is 17.7. The number of hydrogen-bond acceptors (Lipinski definition) is 5. The SMILES string of the molecule is [C-]#[N+]c1ccc(OC2C(=O)N(C(C)c3nnc(-c4ccccc4)o3)CC2(C)C)cc1C(F)(F)F. The zero-order valence-electron chi connectivity index (χ0n) is 18.6. The third kappa shape index (κ3) is 4.33. The molecule has 34 heavy (non-hydrogen) atoms. The van der Waals surface area contributed by atoms with E-state index in [1.807, 2.05) is 30.3 Å². The minimum Gasteiger partial charge on any atom is -0.480 e. The van der Waals surface area contributed by atoms with Crippen LogP contribution in [0.3, 0.4) is 0 Å². The number of nitrogens with zero attached hydrogens (tertiary/aromatic N) is 4. The lowest BCUT2D eigenvalue weighted by molar-refractivity contribution is -0.137. The standard InChI is InChI=1S/C24H21F3N4O3/c1-14(20-29-30-21(34-20)15-8-6-5-7-9-15)31-13-23(2,3)19(22(31)32)33-16-10-11-18(28-4)17(12-16)24(25,26)27/h5-12,14,19H,13H2,1-3H3. The van der Waals surface area contributed by atoms with Crippen LogP contribution in [-0.4, -0.2) is 33.7 Å². The first kappa shape index (κ1) is 23.3. The first-order valence-corrected chi connectivity index (χ1v) is 10.5. The zero-order chi connectivity index (χ0) is 24.7. The Morgan fingerprint density at radius 2 is 1.91 bits per heavy atom. The van der Waals surface area contributed by atoms with Crippen LogP contribution >= 0.6 is 0 Å². The molecule has 2 unspecified atom stereocenters. The number of aromatic nitrogens is 2. The van der Waals surface area contributed by atoms with Crippen molar-refractivity contribution in [3.8, 4) is 17.2 Å². The van der Waals surface area contributed by atoms with Gasteiger partial charge in [-0.2, -0.15) is 13.2 Å². The molecular weight excluding hydrogens is 449 g/mol. The molecule has 3 aromatic rings. The largest absolute Gasteiger partial charge is 0.480 e. The number of carbonyl (C=O) groups excluding carboxylic acids is 1. The fourth-order valence-electron chi connectivity index (χ4n) is 3.91. The second-order valence-electron chi connectivity index (χ2n) is 8.73. The topological polar surface area (TPSA) is 72.8 Å². The van der Waals surface area contributed by atoms with Crippen molar-refractivity contribution in [1.82, 2.24) is 15.1 Å². The Labute approximate surface area is 194 Å². The molecule has 4 rings (SSSR count). The Morgan fingerprint density at radius 3 is 2.56 bits per heavy atom. The van der Waals surface area contributed by atoms with E-state index in [-0.39, 0.29) is 18.2 Å². The molecule has 0 N–H and O–H groups in total. The van der Waals surface area contributed by atoms with Crippen LogP contribution in [0.15, 0.2) is 52.9 Å². The van der Waals surface area contributed by atoms with Gasteiger partial charge in [-0.15, -0.1) is 10.2 Å². The summed E-state index contributed by atoms with van der Waals surface area (Å²) in [6.45, 7) is 12.6. The summed E-state index contributed by atoms with van der Waals surface area (Å²) >= 11 is 0. The van der Waals surface area contributed by atoms with E-state index in [9.17, 15) is 18.0 Å². The number of ether oxygens (including phenoxy) is 1. The van der Waals surface area contributed by atoms with Crippen LogP contribution in [0.4, 0.5) is 18.9 Å². The first-order chi connectivity index (χ1) is 16.0. The first-order valence-electron chi connectivity index (χ1n) is 10.5. The minimum absolute atomic E-state index is 0.134. The fraction of sp³-hybridized carbons (Fsp3) is 0.333. The second kappa shape index (κ2) is 8.48. The number of hydrogen-bond donors (Lipinski definition) is 0. The highest BCUT2D eigenvalue weighted by molar-refractivity contribution is 5.85. The number of rotatable bonds is 5. The van der Waals surface area contributed by atoms with Gasteiger partial charge in [-0.3, -0.25) is 4.79 Å². The van der Waals surface area contributed by atoms with Crippen molar-refractivity contribution in [3.63, 3.8) is 0 Å². The number of halogens is 3. The van der Waals surface area contributed by atoms with Gasteiger partial charge in [-0.25, -0.2) is 4.85 Å². The maximum absolute atomic E-state index is 13.3. The van der Waals surface area contributed by atoms with E-state index < -0.39 is 40.9 Å². The Kier molecular flexibility index (Phi) is 5.81. The van der Waals surface area contributed by atoms with E-state index in [1.165, 1.54) is 11.0 Å². The van der Waals surface area contributed by atoms with Gasteiger partial charge in [0.15, 0.2) is 11.8 Å². The molecule has 2 aromatic carbocycles. The van der Waals surface area contributed by atoms with Crippen molar-refractivity contribution in [3.05, 3.63) is 71.4 Å². The van der Waals surface area contributed by atoms with Crippen molar-refractivity contribution in [2.75, 3.05) is 6.54 Å². The lowest BCUT2D eigenvalue weighted by atomic mass is 9.89. The minimum atomic E-state index is -4.72. The molecule has 0 radical (unpaired) electrons. The Balaban J connectivity index is 1.57. The van der Waals surface area contributed by atoms with Crippen LogP contribution in [0.2, 0.25) is 0 Å². The summed E-state index contributed by atoms with van der Waals surface area (Å²) in [6.07, 6.45) is -5.75. The Bertz CT molecular complexity index is 1250. The lowest BCUT2D eigenvalue weighted by Crippen LogP contribution is -2.37. The summed E-state index contributed by atoms with van der Waals surface area (Å²) < 4.78 is 51.6. The molecule has 1 aliphatic heterocycles. The lowest BCUT2D eigenvalue weighted by Gasteiger charge is -2.25. The summed E-state index contributed by atoms with van der Waals surface area (Å²) in [5, 5.41) is 8.14. The van der Waals surface area contributed by atoms with Crippen LogP contribution in [0, 0.1) is 12.0 Å². The molecule has 0 bridgehead atoms. The predicted octanol–water partition coefficient (Wildman–Crippen LogP) is 5.68. The molecule has 1 aliphatic rings. The number of carbonyl (C=O) groups is 1. The van der Waals surface area contributed by atoms with Gasteiger partial charge in [0.25, 0.3) is 5.91 Å². The quantitative estimate of drug-likeness (QED) is 0.449. The number of benzene rings is 2. The fourth-order valence-corrected chi connectivity index (χ4v) is 3.91. The van der Waals surface area contributed by atoms with E-state index >= 15 is 0 Å². The third-order valence-corrected chi connectivity index (χ3v) is 5.73. The van der Waals surface area contributed by atoms with Crippen LogP contribution in [-0.2, 0) is 11.0 Å². The van der Waals surface area contributed by atoms with Crippen molar-refractivity contribution in [2.24, 2.45) is 5.41 Å². The van der Waals surface area contributed by atoms with Crippen LogP contribution in [0.25, 0.3) is 16.3 Å². The smallest absolute Gasteiger partial charge is 0.407 e. The molecule has 176 valence electrons. The van der Waals surface area contributed by atoms with Crippen LogP contribution in [0.1, 0.15) is 38.3 Å². The van der Waals surface area contributed by atoms with E-state index in [0.29, 0.717) is 5.89 Å². The zero-order valence-corrected chi connectivity index (χ0v) is 18.6. The van der Waals surface area contributed by atoms with Crippen molar-refractivity contribution < 1.29 is 27.1 Å². The molecule has 1 amide bonds. The van der Waals surface area contributed by atoms with Gasteiger partial charge in [0.2, 0.25) is 11.8 Å². The Hall–Kier alpha value is -3.87. The number of likely N-dealkylation sites (tertiary alicyclic amines) is 1. The van der Waals surface area contributed by atoms with Gasteiger partial charge in [0.1, 0.15) is 11.8 Å². The monoisotopic (exact) mass is 470 g/mol. The molecule has 2 atom stereocenters. The maximum atomic E-state index is 13.3. The third-order valence-electron chi connectivity index (χ3n) is 5.73. The molecule has 1 fully saturated rings. The molecular formula is C24H21F3N4O3. The van der Waals surface area contributed by atoms with Crippen molar-refractivity contribution in [2.45, 2.75) is 39.1 Å². The second-order valence-corrected chi connectivity index (χ2v) is 8.73. The molecule has 1 saturated heterocycles. The highest BCUT2D eigenvalue weighted by Crippen LogP contribution is 2.42. The van der Waals surface area contributed by atoms with Gasteiger partial charge in [-0.1, -0.05) is 38.1 Å². The molecule has 1 aromatic heterocycles. The van der Waals surface area contributed by atoms with Crippen LogP contribution < -0.4 is 4.74 Å². The van der Waals surface area contributed by atoms with E-state index in [1.54, 1.807) is 20.8 Å². The highest BCUT2D eigenvalue weighted by atomic mass is 19.4. The molecule has 0 spiro atoms. The maximum Gasteiger partial charge on any atom is 0.407 e. The van der Waals surface area contributed by atoms with Gasteiger partial charge in [0, 0.05) is 17.5 Å². The summed E-state index contributed by atoms with van der Waals surface area (Å²) in [7, 11) is 0. The normalized spacial score (nSPS) is 18.6. The van der Waals surface area contributed by atoms with E-state index in [0.717, 1.165) is 17.7 Å². The summed E-state index contributed by atoms with van der Waals surface area (Å²) in [5.74, 6) is 0.0229. The predicted molar refractivity (Wildman–Crippen MR) is 116 cm³/mol. The molecule has 7 nitrogen and oxygen atoms in total. The molecule has 10 heteroatoms. The van der Waals surface area contributed by atoms with Crippen LogP contribution in [0.5, 0.6) is 5.75 Å². The molecule has 0 aliphatic carbocycles. The van der Waals surface area contributed by atoms with Gasteiger partial charge >= 0.3 is 6.18 Å². The van der Waals surface area contributed by atoms with Crippen molar-refractivity contribution in [1.29, 1.82) is 0 Å².